The van der Waals surface area contributed by atoms with Gasteiger partial charge in [0.25, 0.3) is 0 Å². The maximum Gasteiger partial charge on any atom is 0.201 e. The highest BCUT2D eigenvalue weighted by molar-refractivity contribution is 9.10. The van der Waals surface area contributed by atoms with Gasteiger partial charge in [-0.1, -0.05) is 28.1 Å². The van der Waals surface area contributed by atoms with E-state index in [-0.39, 0.29) is 0 Å². The number of thiophene rings is 1. The van der Waals surface area contributed by atoms with E-state index in [1.165, 1.54) is 10.4 Å². The van der Waals surface area contributed by atoms with E-state index in [9.17, 15) is 0 Å². The number of thiocarbonyl (C=S) groups is 1. The van der Waals surface area contributed by atoms with Crippen LogP contribution in [-0.2, 0) is 4.74 Å². The molecule has 0 N–H and O–H groups in total. The van der Waals surface area contributed by atoms with Gasteiger partial charge in [0.15, 0.2) is 0 Å². The van der Waals surface area contributed by atoms with Gasteiger partial charge < -0.3 is 4.74 Å². The summed E-state index contributed by atoms with van der Waals surface area (Å²) in [5, 5.41) is 0.584. The van der Waals surface area contributed by atoms with Gasteiger partial charge in [0.2, 0.25) is 5.05 Å². The minimum absolute atomic E-state index is 0.584. The van der Waals surface area contributed by atoms with Crippen molar-refractivity contribution in [1.29, 1.82) is 0 Å². The van der Waals surface area contributed by atoms with Crippen molar-refractivity contribution in [2.24, 2.45) is 0 Å². The van der Waals surface area contributed by atoms with Crippen LogP contribution in [0.25, 0.3) is 10.4 Å². The molecule has 0 bridgehead atoms. The van der Waals surface area contributed by atoms with Gasteiger partial charge in [-0.3, -0.25) is 0 Å². The quantitative estimate of drug-likeness (QED) is 0.742. The van der Waals surface area contributed by atoms with E-state index in [2.05, 4.69) is 34.1 Å². The molecule has 0 spiro atoms. The molecular formula is C13H11BrOS2. The lowest BCUT2D eigenvalue weighted by Gasteiger charge is -2.01. The Kier molecular flexibility index (Phi) is 4.31. The number of benzene rings is 1. The van der Waals surface area contributed by atoms with Crippen LogP contribution in [0.3, 0.4) is 0 Å². The fraction of sp³-hybridized carbons (Fsp3) is 0.154. The van der Waals surface area contributed by atoms with Crippen LogP contribution in [0, 0.1) is 0 Å². The second-order valence-corrected chi connectivity index (χ2v) is 5.76. The van der Waals surface area contributed by atoms with E-state index in [1.54, 1.807) is 11.3 Å². The smallest absolute Gasteiger partial charge is 0.201 e. The lowest BCUT2D eigenvalue weighted by molar-refractivity contribution is 0.338. The molecule has 1 heterocycles. The molecule has 0 saturated carbocycles. The largest absolute Gasteiger partial charge is 0.483 e. The molecule has 0 unspecified atom stereocenters. The number of ether oxygens (including phenoxy) is 1. The Labute approximate surface area is 119 Å². The molecule has 0 fully saturated rings. The highest BCUT2D eigenvalue weighted by atomic mass is 79.9. The van der Waals surface area contributed by atoms with Crippen LogP contribution in [0.1, 0.15) is 11.8 Å². The molecule has 1 nitrogen and oxygen atoms in total. The summed E-state index contributed by atoms with van der Waals surface area (Å²) >= 11 is 10.3. The number of halogens is 1. The van der Waals surface area contributed by atoms with Gasteiger partial charge in [0, 0.05) is 9.35 Å². The van der Waals surface area contributed by atoms with Crippen molar-refractivity contribution in [3.63, 3.8) is 0 Å². The lowest BCUT2D eigenvalue weighted by Crippen LogP contribution is -1.99. The molecule has 1 aromatic carbocycles. The van der Waals surface area contributed by atoms with Gasteiger partial charge in [0.1, 0.15) is 0 Å². The summed E-state index contributed by atoms with van der Waals surface area (Å²) in [6, 6.07) is 12.3. The first kappa shape index (κ1) is 12.7. The van der Waals surface area contributed by atoms with E-state index in [1.807, 2.05) is 25.1 Å². The van der Waals surface area contributed by atoms with Gasteiger partial charge in [-0.25, -0.2) is 0 Å². The fourth-order valence-corrected chi connectivity index (χ4v) is 2.90. The average Bonchev–Trinajstić information content (AvgIpc) is 2.80. The van der Waals surface area contributed by atoms with Crippen molar-refractivity contribution in [3.8, 4) is 10.4 Å². The Bertz CT molecular complexity index is 516. The van der Waals surface area contributed by atoms with Gasteiger partial charge in [-0.2, -0.15) is 0 Å². The summed E-state index contributed by atoms with van der Waals surface area (Å²) < 4.78 is 6.42. The topological polar surface area (TPSA) is 9.23 Å². The summed E-state index contributed by atoms with van der Waals surface area (Å²) in [5.41, 5.74) is 1.20. The molecule has 2 aromatic rings. The maximum absolute atomic E-state index is 5.33. The molecule has 1 aromatic heterocycles. The molecule has 0 amide bonds. The third-order valence-corrected chi connectivity index (χ3v) is 4.34. The van der Waals surface area contributed by atoms with E-state index in [4.69, 9.17) is 17.0 Å². The summed E-state index contributed by atoms with van der Waals surface area (Å²) in [7, 11) is 0. The van der Waals surface area contributed by atoms with Crippen molar-refractivity contribution in [1.82, 2.24) is 0 Å². The zero-order valence-corrected chi connectivity index (χ0v) is 12.5. The van der Waals surface area contributed by atoms with Gasteiger partial charge >= 0.3 is 0 Å². The molecule has 2 rings (SSSR count). The second kappa shape index (κ2) is 5.76. The SMILES string of the molecule is CCOC(=S)c1ccc(-c2ccc(Br)cc2)s1. The van der Waals surface area contributed by atoms with Gasteiger partial charge in [-0.05, 0) is 49.0 Å². The maximum atomic E-state index is 5.33. The molecule has 17 heavy (non-hydrogen) atoms. The molecular weight excluding hydrogens is 316 g/mol. The van der Waals surface area contributed by atoms with Gasteiger partial charge in [0.05, 0.1) is 11.5 Å². The molecule has 0 aliphatic rings. The van der Waals surface area contributed by atoms with Crippen LogP contribution >= 0.6 is 39.5 Å². The standard InChI is InChI=1S/C13H11BrOS2/c1-2-15-13(16)12-8-7-11(17-12)9-3-5-10(14)6-4-9/h3-8H,2H2,1H3. The Hall–Kier alpha value is -0.710. The normalized spacial score (nSPS) is 10.2. The van der Waals surface area contributed by atoms with E-state index in [0.717, 1.165) is 9.35 Å². The van der Waals surface area contributed by atoms with Crippen molar-refractivity contribution in [2.45, 2.75) is 6.92 Å². The lowest BCUT2D eigenvalue weighted by atomic mass is 10.2. The molecule has 88 valence electrons. The first-order chi connectivity index (χ1) is 8.20. The minimum atomic E-state index is 0.584. The molecule has 0 atom stereocenters. The minimum Gasteiger partial charge on any atom is -0.483 e. The van der Waals surface area contributed by atoms with Crippen molar-refractivity contribution < 1.29 is 4.74 Å². The van der Waals surface area contributed by atoms with E-state index < -0.39 is 0 Å². The van der Waals surface area contributed by atoms with Gasteiger partial charge in [-0.15, -0.1) is 11.3 Å². The van der Waals surface area contributed by atoms with E-state index in [0.29, 0.717) is 11.7 Å². The number of hydrogen-bond acceptors (Lipinski definition) is 3. The molecule has 0 aliphatic carbocycles. The van der Waals surface area contributed by atoms with Crippen LogP contribution in [0.15, 0.2) is 40.9 Å². The highest BCUT2D eigenvalue weighted by Crippen LogP contribution is 2.29. The monoisotopic (exact) mass is 326 g/mol. The van der Waals surface area contributed by atoms with Crippen LogP contribution in [0.5, 0.6) is 0 Å². The van der Waals surface area contributed by atoms with Crippen LogP contribution in [0.2, 0.25) is 0 Å². The van der Waals surface area contributed by atoms with Crippen molar-refractivity contribution in [2.75, 3.05) is 6.61 Å². The summed E-state index contributed by atoms with van der Waals surface area (Å²) in [6.45, 7) is 2.56. The summed E-state index contributed by atoms with van der Waals surface area (Å²) in [6.07, 6.45) is 0. The first-order valence-corrected chi connectivity index (χ1v) is 7.25. The summed E-state index contributed by atoms with van der Waals surface area (Å²) in [5.74, 6) is 0. The summed E-state index contributed by atoms with van der Waals surface area (Å²) in [4.78, 5) is 2.22. The van der Waals surface area contributed by atoms with E-state index >= 15 is 0 Å². The highest BCUT2D eigenvalue weighted by Gasteiger charge is 2.07. The number of hydrogen-bond donors (Lipinski definition) is 0. The van der Waals surface area contributed by atoms with Crippen LogP contribution in [0.4, 0.5) is 0 Å². The predicted molar refractivity (Wildman–Crippen MR) is 80.8 cm³/mol. The zero-order chi connectivity index (χ0) is 12.3. The van der Waals surface area contributed by atoms with Crippen LogP contribution in [-0.4, -0.2) is 11.7 Å². The Balaban J connectivity index is 2.23. The molecule has 0 radical (unpaired) electrons. The molecule has 0 saturated heterocycles. The first-order valence-electron chi connectivity index (χ1n) is 5.23. The third kappa shape index (κ3) is 3.15. The average molecular weight is 327 g/mol. The van der Waals surface area contributed by atoms with Crippen molar-refractivity contribution in [3.05, 3.63) is 45.7 Å². The third-order valence-electron chi connectivity index (χ3n) is 2.21. The number of rotatable bonds is 3. The molecule has 4 heteroatoms. The Morgan fingerprint density at radius 3 is 2.59 bits per heavy atom. The van der Waals surface area contributed by atoms with Crippen LogP contribution < -0.4 is 0 Å². The Morgan fingerprint density at radius 2 is 1.94 bits per heavy atom. The Morgan fingerprint density at radius 1 is 1.24 bits per heavy atom. The zero-order valence-electron chi connectivity index (χ0n) is 9.27. The molecule has 0 aliphatic heterocycles. The fourth-order valence-electron chi connectivity index (χ4n) is 1.42. The second-order valence-electron chi connectivity index (χ2n) is 3.39. The van der Waals surface area contributed by atoms with Crippen molar-refractivity contribution >= 4 is 44.5 Å². The predicted octanol–water partition coefficient (Wildman–Crippen LogP) is 4.89.